The van der Waals surface area contributed by atoms with Crippen molar-refractivity contribution in [2.75, 3.05) is 24.6 Å². The lowest BCUT2D eigenvalue weighted by Crippen LogP contribution is -2.33. The number of anilines is 1. The number of rotatable bonds is 5. The second kappa shape index (κ2) is 6.73. The minimum Gasteiger partial charge on any atom is -0.394 e. The molecule has 1 aromatic rings. The van der Waals surface area contributed by atoms with Gasteiger partial charge in [-0.3, -0.25) is 0 Å². The summed E-state index contributed by atoms with van der Waals surface area (Å²) in [7, 11) is 0. The molecule has 2 atom stereocenters. The van der Waals surface area contributed by atoms with Gasteiger partial charge in [0.05, 0.1) is 12.6 Å². The van der Waals surface area contributed by atoms with Crippen molar-refractivity contribution in [1.29, 1.82) is 0 Å². The molecule has 0 amide bonds. The summed E-state index contributed by atoms with van der Waals surface area (Å²) >= 11 is 3.56. The third-order valence-corrected chi connectivity index (χ3v) is 4.36. The van der Waals surface area contributed by atoms with Gasteiger partial charge >= 0.3 is 0 Å². The number of nitrogens with zero attached hydrogens (tertiary/aromatic N) is 1. The lowest BCUT2D eigenvalue weighted by Gasteiger charge is -2.30. The molecule has 0 aliphatic carbocycles. The van der Waals surface area contributed by atoms with E-state index >= 15 is 0 Å². The van der Waals surface area contributed by atoms with Crippen molar-refractivity contribution in [1.82, 2.24) is 5.32 Å². The Balaban J connectivity index is 2.34. The molecule has 1 aliphatic rings. The van der Waals surface area contributed by atoms with E-state index in [-0.39, 0.29) is 12.6 Å². The first-order valence-electron chi connectivity index (χ1n) is 7.07. The number of aliphatic hydroxyl groups excluding tert-OH is 1. The van der Waals surface area contributed by atoms with Crippen molar-refractivity contribution in [2.45, 2.75) is 38.8 Å². The smallest absolute Gasteiger partial charge is 0.0635 e. The van der Waals surface area contributed by atoms with E-state index in [2.05, 4.69) is 58.2 Å². The minimum absolute atomic E-state index is 0.238. The number of benzene rings is 1. The van der Waals surface area contributed by atoms with Crippen molar-refractivity contribution in [3.05, 3.63) is 28.2 Å². The van der Waals surface area contributed by atoms with Crippen LogP contribution in [-0.4, -0.2) is 30.8 Å². The maximum absolute atomic E-state index is 9.53. The first-order chi connectivity index (χ1) is 9.17. The Kier molecular flexibility index (Phi) is 5.25. The van der Waals surface area contributed by atoms with E-state index in [4.69, 9.17) is 0 Å². The first kappa shape index (κ1) is 14.8. The lowest BCUT2D eigenvalue weighted by atomic mass is 10.0. The van der Waals surface area contributed by atoms with Gasteiger partial charge in [0.2, 0.25) is 0 Å². The van der Waals surface area contributed by atoms with Crippen molar-refractivity contribution in [3.8, 4) is 0 Å². The van der Waals surface area contributed by atoms with Crippen LogP contribution in [0.2, 0.25) is 0 Å². The summed E-state index contributed by atoms with van der Waals surface area (Å²) < 4.78 is 1.10. The van der Waals surface area contributed by atoms with Crippen molar-refractivity contribution in [3.63, 3.8) is 0 Å². The summed E-state index contributed by atoms with van der Waals surface area (Å²) in [4.78, 5) is 2.36. The molecule has 0 aromatic heterocycles. The van der Waals surface area contributed by atoms with Crippen LogP contribution >= 0.6 is 15.9 Å². The van der Waals surface area contributed by atoms with Crippen LogP contribution in [0, 0.1) is 0 Å². The Morgan fingerprint density at radius 3 is 3.00 bits per heavy atom. The normalized spacial score (nSPS) is 20.8. The molecule has 0 bridgehead atoms. The Labute approximate surface area is 124 Å². The van der Waals surface area contributed by atoms with Crippen LogP contribution in [0.5, 0.6) is 0 Å². The molecule has 1 fully saturated rings. The third kappa shape index (κ3) is 3.30. The molecule has 0 radical (unpaired) electrons. The van der Waals surface area contributed by atoms with E-state index < -0.39 is 0 Å². The first-order valence-corrected chi connectivity index (χ1v) is 7.87. The highest BCUT2D eigenvalue weighted by atomic mass is 79.9. The lowest BCUT2D eigenvalue weighted by molar-refractivity contribution is 0.266. The van der Waals surface area contributed by atoms with E-state index in [1.54, 1.807) is 0 Å². The van der Waals surface area contributed by atoms with Gasteiger partial charge in [0, 0.05) is 22.7 Å². The predicted molar refractivity (Wildman–Crippen MR) is 83.7 cm³/mol. The second-order valence-electron chi connectivity index (χ2n) is 5.15. The quantitative estimate of drug-likeness (QED) is 0.872. The molecule has 1 aromatic carbocycles. The van der Waals surface area contributed by atoms with Crippen LogP contribution in [0.3, 0.4) is 0 Å². The Bertz CT molecular complexity index is 425. The zero-order valence-corrected chi connectivity index (χ0v) is 13.3. The zero-order valence-electron chi connectivity index (χ0n) is 11.7. The van der Waals surface area contributed by atoms with Gasteiger partial charge < -0.3 is 15.3 Å². The van der Waals surface area contributed by atoms with E-state index in [0.717, 1.165) is 30.4 Å². The van der Waals surface area contributed by atoms with Crippen LogP contribution in [0.15, 0.2) is 22.7 Å². The van der Waals surface area contributed by atoms with Gasteiger partial charge in [-0.15, -0.1) is 0 Å². The van der Waals surface area contributed by atoms with E-state index in [9.17, 15) is 5.11 Å². The van der Waals surface area contributed by atoms with Gasteiger partial charge in [-0.1, -0.05) is 28.9 Å². The highest BCUT2D eigenvalue weighted by Gasteiger charge is 2.26. The highest BCUT2D eigenvalue weighted by Crippen LogP contribution is 2.34. The van der Waals surface area contributed by atoms with Crippen molar-refractivity contribution < 1.29 is 5.11 Å². The van der Waals surface area contributed by atoms with Crippen LogP contribution in [0.4, 0.5) is 5.69 Å². The Morgan fingerprint density at radius 1 is 1.53 bits per heavy atom. The van der Waals surface area contributed by atoms with Gasteiger partial charge in [-0.2, -0.15) is 0 Å². The molecule has 1 heterocycles. The molecular formula is C15H23BrN2O. The molecule has 4 heteroatoms. The molecule has 2 rings (SSSR count). The number of hydrogen-bond acceptors (Lipinski definition) is 3. The zero-order chi connectivity index (χ0) is 13.8. The topological polar surface area (TPSA) is 35.5 Å². The van der Waals surface area contributed by atoms with Crippen molar-refractivity contribution >= 4 is 21.6 Å². The molecule has 19 heavy (non-hydrogen) atoms. The number of nitrogens with one attached hydrogen (secondary N) is 1. The molecule has 3 nitrogen and oxygen atoms in total. The van der Waals surface area contributed by atoms with Crippen LogP contribution in [-0.2, 0) is 0 Å². The second-order valence-corrected chi connectivity index (χ2v) is 6.07. The van der Waals surface area contributed by atoms with Gasteiger partial charge in [0.1, 0.15) is 0 Å². The summed E-state index contributed by atoms with van der Waals surface area (Å²) in [6.07, 6.45) is 2.24. The average molecular weight is 327 g/mol. The van der Waals surface area contributed by atoms with Gasteiger partial charge in [-0.05, 0) is 44.0 Å². The molecule has 1 aliphatic heterocycles. The average Bonchev–Trinajstić information content (AvgIpc) is 2.86. The number of aliphatic hydroxyl groups is 1. The molecule has 0 saturated carbocycles. The fourth-order valence-electron chi connectivity index (χ4n) is 2.89. The minimum atomic E-state index is 0.238. The van der Waals surface area contributed by atoms with Crippen LogP contribution in [0.1, 0.15) is 38.3 Å². The Hall–Kier alpha value is -0.580. The molecule has 1 saturated heterocycles. The van der Waals surface area contributed by atoms with Gasteiger partial charge in [-0.25, -0.2) is 0 Å². The molecule has 106 valence electrons. The summed E-state index contributed by atoms with van der Waals surface area (Å²) in [5.41, 5.74) is 2.56. The highest BCUT2D eigenvalue weighted by molar-refractivity contribution is 9.10. The maximum Gasteiger partial charge on any atom is 0.0635 e. The maximum atomic E-state index is 9.53. The summed E-state index contributed by atoms with van der Waals surface area (Å²) in [6, 6.07) is 7.04. The Morgan fingerprint density at radius 2 is 2.32 bits per heavy atom. The standard InChI is InChI=1S/C15H23BrN2O/c1-3-17-11(2)14-7-6-12(16)9-15(14)18-8-4-5-13(18)10-19/h6-7,9,11,13,17,19H,3-5,8,10H2,1-2H3. The molecule has 0 spiro atoms. The van der Waals surface area contributed by atoms with Gasteiger partial charge in [0.15, 0.2) is 0 Å². The van der Waals surface area contributed by atoms with Crippen LogP contribution < -0.4 is 10.2 Å². The summed E-state index contributed by atoms with van der Waals surface area (Å²) in [5.74, 6) is 0. The van der Waals surface area contributed by atoms with Crippen molar-refractivity contribution in [2.24, 2.45) is 0 Å². The third-order valence-electron chi connectivity index (χ3n) is 3.87. The van der Waals surface area contributed by atoms with E-state index in [1.165, 1.54) is 11.3 Å². The fraction of sp³-hybridized carbons (Fsp3) is 0.600. The number of hydrogen-bond donors (Lipinski definition) is 2. The van der Waals surface area contributed by atoms with E-state index in [1.807, 2.05) is 0 Å². The number of halogens is 1. The fourth-order valence-corrected chi connectivity index (χ4v) is 3.24. The van der Waals surface area contributed by atoms with Crippen LogP contribution in [0.25, 0.3) is 0 Å². The summed E-state index contributed by atoms with van der Waals surface area (Å²) in [5, 5.41) is 13.0. The van der Waals surface area contributed by atoms with Gasteiger partial charge in [0.25, 0.3) is 0 Å². The SMILES string of the molecule is CCNC(C)c1ccc(Br)cc1N1CCCC1CO. The summed E-state index contributed by atoms with van der Waals surface area (Å²) in [6.45, 7) is 6.55. The largest absolute Gasteiger partial charge is 0.394 e. The molecule has 2 N–H and O–H groups in total. The molecule has 2 unspecified atom stereocenters. The molecular weight excluding hydrogens is 304 g/mol. The monoisotopic (exact) mass is 326 g/mol. The predicted octanol–water partition coefficient (Wildman–Crippen LogP) is 3.08. The van der Waals surface area contributed by atoms with E-state index in [0.29, 0.717) is 6.04 Å².